The number of sulfonamides is 1. The van der Waals surface area contributed by atoms with Gasteiger partial charge in [-0.05, 0) is 48.0 Å². The fraction of sp³-hybridized carbons (Fsp3) is 0.259. The topological polar surface area (TPSA) is 137 Å². The molecule has 2 heterocycles. The van der Waals surface area contributed by atoms with E-state index >= 15 is 0 Å². The summed E-state index contributed by atoms with van der Waals surface area (Å²) in [5.74, 6) is 1.91. The van der Waals surface area contributed by atoms with Gasteiger partial charge in [0, 0.05) is 48.9 Å². The molecule has 0 aromatic heterocycles. The van der Waals surface area contributed by atoms with Crippen LogP contribution in [0.2, 0.25) is 0 Å². The lowest BCUT2D eigenvalue weighted by Gasteiger charge is -2.29. The van der Waals surface area contributed by atoms with Crippen LogP contribution in [0.1, 0.15) is 15.9 Å². The number of carbonyl (C=O) groups is 2. The highest BCUT2D eigenvalue weighted by atomic mass is 32.2. The molecule has 0 unspecified atom stereocenters. The summed E-state index contributed by atoms with van der Waals surface area (Å²) >= 11 is 1.96. The van der Waals surface area contributed by atoms with Crippen LogP contribution in [0.5, 0.6) is 0 Å². The minimum absolute atomic E-state index is 0.0397. The van der Waals surface area contributed by atoms with Crippen LogP contribution in [0.25, 0.3) is 0 Å². The number of para-hydroxylation sites is 2. The zero-order chi connectivity index (χ0) is 27.4. The maximum Gasteiger partial charge on any atom is 0.336 e. The van der Waals surface area contributed by atoms with Crippen LogP contribution in [-0.4, -0.2) is 67.2 Å². The second-order valence-electron chi connectivity index (χ2n) is 9.27. The lowest BCUT2D eigenvalue weighted by atomic mass is 10.1. The van der Waals surface area contributed by atoms with Crippen LogP contribution in [0.4, 0.5) is 27.5 Å². The molecule has 10 nitrogen and oxygen atoms in total. The van der Waals surface area contributed by atoms with Crippen LogP contribution in [0, 0.1) is 0 Å². The van der Waals surface area contributed by atoms with Crippen molar-refractivity contribution in [3.8, 4) is 0 Å². The number of nitrogens with two attached hydrogens (primary N) is 1. The van der Waals surface area contributed by atoms with Crippen molar-refractivity contribution in [3.05, 3.63) is 77.9 Å². The number of nitrogens with one attached hydrogen (secondary N) is 3. The normalized spacial score (nSPS) is 16.7. The Balaban J connectivity index is 1.26. The molecule has 5 N–H and O–H groups in total. The third-order valence-corrected chi connectivity index (χ3v) is 9.34. The van der Waals surface area contributed by atoms with Crippen LogP contribution in [0.3, 0.4) is 0 Å². The maximum atomic E-state index is 13.5. The monoisotopic (exact) mass is 566 g/mol. The Kier molecular flexibility index (Phi) is 7.96. The summed E-state index contributed by atoms with van der Waals surface area (Å²) in [6, 6.07) is 17.5. The summed E-state index contributed by atoms with van der Waals surface area (Å²) in [6.45, 7) is 3.50. The third-order valence-electron chi connectivity index (χ3n) is 6.63. The van der Waals surface area contributed by atoms with Gasteiger partial charge in [0.2, 0.25) is 0 Å². The first-order valence-electron chi connectivity index (χ1n) is 12.6. The van der Waals surface area contributed by atoms with Crippen LogP contribution in [-0.2, 0) is 16.6 Å². The number of urea groups is 1. The van der Waals surface area contributed by atoms with Gasteiger partial charge in [-0.25, -0.2) is 17.5 Å². The highest BCUT2D eigenvalue weighted by Crippen LogP contribution is 2.33. The molecule has 0 bridgehead atoms. The van der Waals surface area contributed by atoms with Crippen LogP contribution in [0.15, 0.2) is 71.6 Å². The number of fused-ring (bicyclic) bond motifs is 1. The minimum Gasteiger partial charge on any atom is -0.397 e. The molecule has 1 fully saturated rings. The van der Waals surface area contributed by atoms with Crippen molar-refractivity contribution in [1.29, 1.82) is 0 Å². The molecule has 3 aromatic rings. The average molecular weight is 567 g/mol. The molecule has 0 radical (unpaired) electrons. The highest BCUT2D eigenvalue weighted by Gasteiger charge is 2.37. The first-order valence-corrected chi connectivity index (χ1v) is 15.2. The van der Waals surface area contributed by atoms with E-state index in [0.29, 0.717) is 34.7 Å². The number of carbonyl (C=O) groups excluding carboxylic acids is 2. The van der Waals surface area contributed by atoms with E-state index in [1.807, 2.05) is 11.8 Å². The molecule has 0 atom stereocenters. The molecule has 0 spiro atoms. The molecule has 2 aliphatic rings. The Bertz CT molecular complexity index is 1470. The number of rotatable bonds is 8. The minimum atomic E-state index is -4.10. The number of benzene rings is 3. The molecule has 204 valence electrons. The Morgan fingerprint density at radius 1 is 1.03 bits per heavy atom. The third kappa shape index (κ3) is 6.13. The van der Waals surface area contributed by atoms with Crippen molar-refractivity contribution < 1.29 is 18.0 Å². The lowest BCUT2D eigenvalue weighted by molar-refractivity contribution is 0.102. The smallest absolute Gasteiger partial charge is 0.336 e. The molecule has 0 saturated carbocycles. The molecular formula is C27H30N6O4S2. The van der Waals surface area contributed by atoms with Gasteiger partial charge in [-0.1, -0.05) is 24.3 Å². The van der Waals surface area contributed by atoms with Gasteiger partial charge in [0.15, 0.2) is 0 Å². The average Bonchev–Trinajstić information content (AvgIpc) is 2.93. The Morgan fingerprint density at radius 3 is 2.51 bits per heavy atom. The van der Waals surface area contributed by atoms with Gasteiger partial charge in [-0.15, -0.1) is 0 Å². The van der Waals surface area contributed by atoms with E-state index in [4.69, 9.17) is 5.73 Å². The number of nitrogen functional groups attached to an aromatic ring is 1. The first-order chi connectivity index (χ1) is 18.8. The van der Waals surface area contributed by atoms with Crippen molar-refractivity contribution in [2.75, 3.05) is 59.4 Å². The summed E-state index contributed by atoms with van der Waals surface area (Å²) in [4.78, 5) is 27.8. The quantitative estimate of drug-likeness (QED) is 0.303. The van der Waals surface area contributed by atoms with E-state index in [2.05, 4.69) is 20.9 Å². The maximum absolute atomic E-state index is 13.5. The lowest BCUT2D eigenvalue weighted by Crippen LogP contribution is -2.43. The number of amides is 3. The fourth-order valence-corrected chi connectivity index (χ4v) is 6.90. The predicted octanol–water partition coefficient (Wildman–Crippen LogP) is 3.72. The Labute approximate surface area is 232 Å². The van der Waals surface area contributed by atoms with Gasteiger partial charge in [0.05, 0.1) is 23.6 Å². The first kappa shape index (κ1) is 26.9. The van der Waals surface area contributed by atoms with Crippen molar-refractivity contribution in [2.24, 2.45) is 0 Å². The van der Waals surface area contributed by atoms with Gasteiger partial charge < -0.3 is 21.7 Å². The zero-order valence-electron chi connectivity index (χ0n) is 21.2. The summed E-state index contributed by atoms with van der Waals surface area (Å²) in [5.41, 5.74) is 8.70. The molecule has 0 aliphatic carbocycles. The summed E-state index contributed by atoms with van der Waals surface area (Å²) in [5, 5.41) is 8.73. The van der Waals surface area contributed by atoms with Gasteiger partial charge in [-0.3, -0.25) is 9.69 Å². The van der Waals surface area contributed by atoms with E-state index in [9.17, 15) is 18.0 Å². The number of nitrogens with zero attached hydrogens (tertiary/aromatic N) is 2. The Hall–Kier alpha value is -3.74. The summed E-state index contributed by atoms with van der Waals surface area (Å²) in [6.07, 6.45) is 0. The van der Waals surface area contributed by atoms with Crippen molar-refractivity contribution in [2.45, 2.75) is 11.4 Å². The van der Waals surface area contributed by atoms with Crippen molar-refractivity contribution in [3.63, 3.8) is 0 Å². The molecule has 1 saturated heterocycles. The number of anilines is 4. The molecule has 12 heteroatoms. The number of thioether (sulfide) groups is 1. The van der Waals surface area contributed by atoms with Gasteiger partial charge in [0.25, 0.3) is 15.9 Å². The van der Waals surface area contributed by atoms with E-state index in [1.54, 1.807) is 66.7 Å². The Morgan fingerprint density at radius 2 is 1.77 bits per heavy atom. The zero-order valence-corrected chi connectivity index (χ0v) is 22.9. The number of hydrogen-bond donors (Lipinski definition) is 4. The molecule has 2 aliphatic heterocycles. The molecule has 3 amide bonds. The van der Waals surface area contributed by atoms with Crippen LogP contribution < -0.4 is 21.7 Å². The van der Waals surface area contributed by atoms with E-state index in [1.165, 1.54) is 0 Å². The summed E-state index contributed by atoms with van der Waals surface area (Å²) < 4.78 is 27.7. The predicted molar refractivity (Wildman–Crippen MR) is 156 cm³/mol. The highest BCUT2D eigenvalue weighted by molar-refractivity contribution is 7.99. The second kappa shape index (κ2) is 11.6. The van der Waals surface area contributed by atoms with Gasteiger partial charge >= 0.3 is 6.03 Å². The largest absolute Gasteiger partial charge is 0.397 e. The van der Waals surface area contributed by atoms with Crippen LogP contribution >= 0.6 is 11.8 Å². The van der Waals surface area contributed by atoms with Crippen molar-refractivity contribution in [1.82, 2.24) is 9.21 Å². The van der Waals surface area contributed by atoms with Crippen molar-refractivity contribution >= 4 is 56.5 Å². The standard InChI is InChI=1S/C27H30N6O4S2/c28-22-3-1-2-4-23(22)30-26(34)20-7-5-19(6-8-20)18-33-27(35)31-24-10-9-21(17-25(24)39(33,36)37)29-11-12-32-13-15-38-16-14-32/h1-10,17,29H,11-16,18,28H2,(H,30,34)(H,31,35). The fourth-order valence-electron chi connectivity index (χ4n) is 4.43. The van der Waals surface area contributed by atoms with E-state index < -0.39 is 16.1 Å². The van der Waals surface area contributed by atoms with Gasteiger partial charge in [0.1, 0.15) is 4.90 Å². The summed E-state index contributed by atoms with van der Waals surface area (Å²) in [7, 11) is -4.10. The second-order valence-corrected chi connectivity index (χ2v) is 12.3. The van der Waals surface area contributed by atoms with E-state index in [-0.39, 0.29) is 23.0 Å². The molecular weight excluding hydrogens is 536 g/mol. The molecule has 3 aromatic carbocycles. The van der Waals surface area contributed by atoms with E-state index in [0.717, 1.165) is 35.4 Å². The van der Waals surface area contributed by atoms with Gasteiger partial charge in [-0.2, -0.15) is 11.8 Å². The SMILES string of the molecule is Nc1ccccc1NC(=O)c1ccc(CN2C(=O)Nc3ccc(NCCN4CCSCC4)cc3S2(=O)=O)cc1. The number of hydrogen-bond acceptors (Lipinski definition) is 8. The molecule has 39 heavy (non-hydrogen) atoms. The molecule has 5 rings (SSSR count).